The van der Waals surface area contributed by atoms with Gasteiger partial charge < -0.3 is 0 Å². The second-order valence-electron chi connectivity index (χ2n) is 1.79. The molecule has 1 aromatic rings. The monoisotopic (exact) mass is 312 g/mol. The van der Waals surface area contributed by atoms with Gasteiger partial charge in [0.15, 0.2) is 5.78 Å². The number of ketones is 1. The van der Waals surface area contributed by atoms with Gasteiger partial charge in [0.05, 0.1) is 8.66 Å². The average Bonchev–Trinajstić information content (AvgIpc) is 2.36. The Labute approximate surface area is 93.4 Å². The average molecular weight is 314 g/mol. The molecular formula is C8H10Br2OS. The van der Waals surface area contributed by atoms with Crippen molar-refractivity contribution >= 4 is 49.0 Å². The number of Topliss-reactive ketones (excluding diaryl/α,β-unsaturated/α-hetero) is 1. The Hall–Kier alpha value is 0.330. The zero-order valence-electron chi connectivity index (χ0n) is 7.15. The van der Waals surface area contributed by atoms with Crippen LogP contribution >= 0.6 is 43.2 Å². The van der Waals surface area contributed by atoms with Crippen molar-refractivity contribution < 1.29 is 4.79 Å². The third-order valence-electron chi connectivity index (χ3n) is 0.992. The van der Waals surface area contributed by atoms with E-state index >= 15 is 0 Å². The fraction of sp³-hybridized carbons (Fsp3) is 0.375. The second-order valence-corrected chi connectivity index (χ2v) is 5.01. The van der Waals surface area contributed by atoms with Crippen molar-refractivity contribution in [3.63, 3.8) is 0 Å². The number of carbonyl (C=O) groups excluding carboxylic acids is 1. The molecule has 12 heavy (non-hydrogen) atoms. The summed E-state index contributed by atoms with van der Waals surface area (Å²) in [4.78, 5) is 11.6. The lowest BCUT2D eigenvalue weighted by molar-refractivity contribution is 0.102. The van der Waals surface area contributed by atoms with E-state index in [1.54, 1.807) is 6.92 Å². The van der Waals surface area contributed by atoms with Crippen LogP contribution in [0.5, 0.6) is 0 Å². The summed E-state index contributed by atoms with van der Waals surface area (Å²) in [6.45, 7) is 5.56. The normalized spacial score (nSPS) is 8.75. The number of thiophene rings is 1. The van der Waals surface area contributed by atoms with Crippen molar-refractivity contribution in [2.45, 2.75) is 20.8 Å². The van der Waals surface area contributed by atoms with Gasteiger partial charge in [-0.15, -0.1) is 11.3 Å². The molecule has 0 saturated carbocycles. The first-order valence-electron chi connectivity index (χ1n) is 3.57. The van der Waals surface area contributed by atoms with E-state index in [2.05, 4.69) is 31.9 Å². The fourth-order valence-corrected chi connectivity index (χ4v) is 2.45. The highest BCUT2D eigenvalue weighted by Crippen LogP contribution is 2.32. The first-order chi connectivity index (χ1) is 5.61. The standard InChI is InChI=1S/C6H4Br2OS.C2H6/c1-3(9)5-2-4(7)6(8)10-5;1-2/h2H,1H3;1-2H3. The lowest BCUT2D eigenvalue weighted by Crippen LogP contribution is -1.83. The third kappa shape index (κ3) is 3.37. The van der Waals surface area contributed by atoms with E-state index in [4.69, 9.17) is 0 Å². The van der Waals surface area contributed by atoms with Crippen LogP contribution in [0.4, 0.5) is 0 Å². The number of halogens is 2. The first-order valence-corrected chi connectivity index (χ1v) is 5.97. The van der Waals surface area contributed by atoms with Crippen molar-refractivity contribution in [3.05, 3.63) is 19.2 Å². The van der Waals surface area contributed by atoms with Crippen molar-refractivity contribution in [1.82, 2.24) is 0 Å². The summed E-state index contributed by atoms with van der Waals surface area (Å²) in [5.41, 5.74) is 0. The summed E-state index contributed by atoms with van der Waals surface area (Å²) < 4.78 is 1.92. The Bertz CT molecular complexity index is 249. The van der Waals surface area contributed by atoms with E-state index in [0.29, 0.717) is 0 Å². The van der Waals surface area contributed by atoms with Crippen LogP contribution in [0.2, 0.25) is 0 Å². The van der Waals surface area contributed by atoms with E-state index < -0.39 is 0 Å². The number of hydrogen-bond donors (Lipinski definition) is 0. The van der Waals surface area contributed by atoms with Gasteiger partial charge in [-0.3, -0.25) is 4.79 Å². The van der Waals surface area contributed by atoms with E-state index in [1.165, 1.54) is 11.3 Å². The van der Waals surface area contributed by atoms with Gasteiger partial charge in [0.1, 0.15) is 0 Å². The minimum absolute atomic E-state index is 0.108. The molecule has 0 saturated heterocycles. The molecule has 0 aliphatic carbocycles. The zero-order valence-corrected chi connectivity index (χ0v) is 11.1. The van der Waals surface area contributed by atoms with Crippen molar-refractivity contribution in [3.8, 4) is 0 Å². The molecule has 0 atom stereocenters. The Balaban J connectivity index is 0.000000561. The summed E-state index contributed by atoms with van der Waals surface area (Å²) in [6.07, 6.45) is 0. The minimum Gasteiger partial charge on any atom is -0.294 e. The highest BCUT2D eigenvalue weighted by Gasteiger charge is 2.06. The van der Waals surface area contributed by atoms with Gasteiger partial charge in [-0.05, 0) is 44.8 Å². The molecule has 0 unspecified atom stereocenters. The molecule has 0 spiro atoms. The van der Waals surface area contributed by atoms with Gasteiger partial charge in [0.2, 0.25) is 0 Å². The van der Waals surface area contributed by atoms with Crippen LogP contribution in [-0.4, -0.2) is 5.78 Å². The summed E-state index contributed by atoms with van der Waals surface area (Å²) in [6, 6.07) is 1.82. The second kappa shape index (κ2) is 5.89. The molecular weight excluding hydrogens is 304 g/mol. The predicted molar refractivity (Wildman–Crippen MR) is 61.1 cm³/mol. The number of carbonyl (C=O) groups is 1. The van der Waals surface area contributed by atoms with Crippen LogP contribution in [0.1, 0.15) is 30.4 Å². The molecule has 0 bridgehead atoms. The molecule has 1 rings (SSSR count). The van der Waals surface area contributed by atoms with Gasteiger partial charge in [0, 0.05) is 4.47 Å². The molecule has 1 nitrogen and oxygen atoms in total. The Kier molecular flexibility index (Phi) is 6.05. The van der Waals surface area contributed by atoms with Crippen molar-refractivity contribution in [1.29, 1.82) is 0 Å². The summed E-state index contributed by atoms with van der Waals surface area (Å²) in [5.74, 6) is 0.108. The molecule has 0 aliphatic rings. The quantitative estimate of drug-likeness (QED) is 0.698. The van der Waals surface area contributed by atoms with Crippen LogP contribution in [0.15, 0.2) is 14.3 Å². The molecule has 0 fully saturated rings. The first kappa shape index (κ1) is 12.3. The van der Waals surface area contributed by atoms with E-state index in [-0.39, 0.29) is 5.78 Å². The maximum atomic E-state index is 10.8. The molecule has 0 aliphatic heterocycles. The van der Waals surface area contributed by atoms with Gasteiger partial charge in [-0.25, -0.2) is 0 Å². The molecule has 1 aromatic heterocycles. The van der Waals surface area contributed by atoms with Crippen molar-refractivity contribution in [2.24, 2.45) is 0 Å². The molecule has 0 amide bonds. The van der Waals surface area contributed by atoms with Crippen LogP contribution in [0, 0.1) is 0 Å². The van der Waals surface area contributed by atoms with Gasteiger partial charge >= 0.3 is 0 Å². The Morgan fingerprint density at radius 1 is 1.42 bits per heavy atom. The molecule has 68 valence electrons. The zero-order chi connectivity index (χ0) is 9.72. The summed E-state index contributed by atoms with van der Waals surface area (Å²) >= 11 is 8.04. The molecule has 0 aromatic carbocycles. The molecule has 0 radical (unpaired) electrons. The topological polar surface area (TPSA) is 17.1 Å². The van der Waals surface area contributed by atoms with E-state index in [1.807, 2.05) is 19.9 Å². The van der Waals surface area contributed by atoms with E-state index in [0.717, 1.165) is 13.1 Å². The van der Waals surface area contributed by atoms with Gasteiger partial charge in [-0.1, -0.05) is 13.8 Å². The lowest BCUT2D eigenvalue weighted by atomic mass is 10.4. The largest absolute Gasteiger partial charge is 0.294 e. The van der Waals surface area contributed by atoms with Gasteiger partial charge in [-0.2, -0.15) is 0 Å². The Morgan fingerprint density at radius 2 is 1.92 bits per heavy atom. The predicted octanol–water partition coefficient (Wildman–Crippen LogP) is 4.50. The third-order valence-corrected chi connectivity index (χ3v) is 4.35. The maximum Gasteiger partial charge on any atom is 0.169 e. The summed E-state index contributed by atoms with van der Waals surface area (Å²) in [5, 5.41) is 0. The highest BCUT2D eigenvalue weighted by atomic mass is 79.9. The molecule has 0 N–H and O–H groups in total. The lowest BCUT2D eigenvalue weighted by Gasteiger charge is -1.80. The fourth-order valence-electron chi connectivity index (χ4n) is 0.520. The Morgan fingerprint density at radius 3 is 2.08 bits per heavy atom. The number of rotatable bonds is 1. The van der Waals surface area contributed by atoms with Crippen LogP contribution < -0.4 is 0 Å². The summed E-state index contributed by atoms with van der Waals surface area (Å²) in [7, 11) is 0. The van der Waals surface area contributed by atoms with Gasteiger partial charge in [0.25, 0.3) is 0 Å². The molecule has 4 heteroatoms. The van der Waals surface area contributed by atoms with Crippen LogP contribution in [0.25, 0.3) is 0 Å². The maximum absolute atomic E-state index is 10.8. The number of hydrogen-bond acceptors (Lipinski definition) is 2. The van der Waals surface area contributed by atoms with E-state index in [9.17, 15) is 4.79 Å². The SMILES string of the molecule is CC.CC(=O)c1cc(Br)c(Br)s1. The minimum atomic E-state index is 0.108. The molecule has 1 heterocycles. The smallest absolute Gasteiger partial charge is 0.169 e. The highest BCUT2D eigenvalue weighted by molar-refractivity contribution is 9.13. The van der Waals surface area contributed by atoms with Crippen molar-refractivity contribution in [2.75, 3.05) is 0 Å². The van der Waals surface area contributed by atoms with Crippen LogP contribution in [0.3, 0.4) is 0 Å². The van der Waals surface area contributed by atoms with Crippen LogP contribution in [-0.2, 0) is 0 Å².